The molecule has 1 aromatic rings. The molecule has 0 radical (unpaired) electrons. The van der Waals surface area contributed by atoms with Crippen LogP contribution < -0.4 is 0 Å². The first-order valence-electron chi connectivity index (χ1n) is 5.07. The molecular formula is C14H13IO. The van der Waals surface area contributed by atoms with Gasteiger partial charge >= 0.3 is 0 Å². The number of benzene rings is 1. The number of hydrogen-bond acceptors (Lipinski definition) is 1. The van der Waals surface area contributed by atoms with Crippen molar-refractivity contribution >= 4 is 24.4 Å². The number of allylic oxidation sites excluding steroid dienone is 2. The monoisotopic (exact) mass is 324 g/mol. The van der Waals surface area contributed by atoms with Crippen molar-refractivity contribution in [3.63, 3.8) is 0 Å². The Balaban J connectivity index is 2.40. The summed E-state index contributed by atoms with van der Waals surface area (Å²) in [5, 5.41) is 10.6. The highest BCUT2D eigenvalue weighted by Crippen LogP contribution is 2.30. The van der Waals surface area contributed by atoms with Gasteiger partial charge in [-0.25, -0.2) is 0 Å². The van der Waals surface area contributed by atoms with E-state index in [-0.39, 0.29) is 20.7 Å². The van der Waals surface area contributed by atoms with Crippen molar-refractivity contribution in [1.82, 2.24) is 0 Å². The fourth-order valence-electron chi connectivity index (χ4n) is 1.60. The highest BCUT2D eigenvalue weighted by Gasteiger charge is 2.25. The Kier molecular flexibility index (Phi) is 3.54. The molecule has 1 atom stereocenters. The van der Waals surface area contributed by atoms with Crippen molar-refractivity contribution in [3.05, 3.63) is 63.8 Å². The molecule has 16 heavy (non-hydrogen) atoms. The maximum absolute atomic E-state index is 10.6. The Bertz CT molecular complexity index is 489. The molecule has 82 valence electrons. The van der Waals surface area contributed by atoms with Crippen LogP contribution in [0.1, 0.15) is 12.5 Å². The zero-order chi connectivity index (χ0) is 11.4. The van der Waals surface area contributed by atoms with Crippen LogP contribution in [0.2, 0.25) is 0 Å². The smallest absolute Gasteiger partial charge is 0.112 e. The van der Waals surface area contributed by atoms with Crippen LogP contribution in [-0.2, 0) is 5.60 Å². The van der Waals surface area contributed by atoms with Crippen molar-refractivity contribution < 1.29 is 5.11 Å². The van der Waals surface area contributed by atoms with Crippen LogP contribution in [0.15, 0.2) is 58.2 Å². The van der Waals surface area contributed by atoms with Crippen molar-refractivity contribution in [2.75, 3.05) is 0 Å². The quantitative estimate of drug-likeness (QED) is 0.828. The molecule has 0 aliphatic carbocycles. The van der Waals surface area contributed by atoms with Crippen molar-refractivity contribution in [3.8, 4) is 0 Å². The largest absolute Gasteiger partial charge is 0.381 e. The average molecular weight is 324 g/mol. The number of hydrogen-bond donors (Lipinski definition) is 1. The van der Waals surface area contributed by atoms with Gasteiger partial charge in [0.05, 0.1) is 0 Å². The van der Waals surface area contributed by atoms with Gasteiger partial charge in [0.1, 0.15) is 5.60 Å². The highest BCUT2D eigenvalue weighted by molar-refractivity contribution is 14.2. The van der Waals surface area contributed by atoms with Gasteiger partial charge in [0, 0.05) is 0 Å². The zero-order valence-corrected chi connectivity index (χ0v) is 11.2. The Labute approximate surface area is 106 Å². The molecule has 0 amide bonds. The van der Waals surface area contributed by atoms with Crippen LogP contribution >= 0.6 is 20.7 Å². The normalized spacial score (nSPS) is 18.2. The topological polar surface area (TPSA) is 20.2 Å². The van der Waals surface area contributed by atoms with E-state index in [2.05, 4.69) is 7.75 Å². The third-order valence-electron chi connectivity index (χ3n) is 2.59. The van der Waals surface area contributed by atoms with Crippen molar-refractivity contribution in [2.45, 2.75) is 12.5 Å². The maximum Gasteiger partial charge on any atom is 0.112 e. The van der Waals surface area contributed by atoms with Gasteiger partial charge < -0.3 is 5.11 Å². The zero-order valence-electron chi connectivity index (χ0n) is 9.02. The third kappa shape index (κ3) is 2.40. The van der Waals surface area contributed by atoms with Crippen LogP contribution in [0, 0.1) is 0 Å². The molecule has 1 unspecified atom stereocenters. The SMILES string of the molecule is CC(O)(C1=CC=C=IC=C1)c1ccccc1. The van der Waals surface area contributed by atoms with E-state index in [9.17, 15) is 5.11 Å². The van der Waals surface area contributed by atoms with E-state index in [1.54, 1.807) is 0 Å². The first-order chi connectivity index (χ1) is 7.71. The summed E-state index contributed by atoms with van der Waals surface area (Å²) in [6.45, 7) is 1.83. The van der Waals surface area contributed by atoms with Gasteiger partial charge in [-0.3, -0.25) is 0 Å². The Morgan fingerprint density at radius 2 is 2.00 bits per heavy atom. The lowest BCUT2D eigenvalue weighted by Gasteiger charge is -2.25. The second-order valence-electron chi connectivity index (χ2n) is 3.74. The standard InChI is InChI=1S/C14H13IO/c1-14(16,12-6-3-2-4-7-12)13-8-5-10-15-11-9-13/h2-9,11,16H,1H3. The molecule has 0 fully saturated rings. The van der Waals surface area contributed by atoms with Crippen molar-refractivity contribution in [1.29, 1.82) is 0 Å². The fourth-order valence-corrected chi connectivity index (χ4v) is 2.77. The number of halogens is 1. The highest BCUT2D eigenvalue weighted by atomic mass is 127. The summed E-state index contributed by atoms with van der Waals surface area (Å²) in [5.41, 5.74) is 0.909. The second kappa shape index (κ2) is 4.91. The fraction of sp³-hybridized carbons (Fsp3) is 0.143. The molecule has 0 bridgehead atoms. The molecule has 0 saturated heterocycles. The first kappa shape index (κ1) is 11.5. The summed E-state index contributed by atoms with van der Waals surface area (Å²) in [6.07, 6.45) is 5.87. The van der Waals surface area contributed by atoms with Crippen molar-refractivity contribution in [2.24, 2.45) is 0 Å². The van der Waals surface area contributed by atoms with E-state index in [1.807, 2.05) is 55.5 Å². The summed E-state index contributed by atoms with van der Waals surface area (Å²) < 4.78 is 5.33. The molecule has 1 nitrogen and oxygen atoms in total. The Morgan fingerprint density at radius 3 is 2.75 bits per heavy atom. The molecule has 0 saturated carbocycles. The lowest BCUT2D eigenvalue weighted by molar-refractivity contribution is 0.101. The second-order valence-corrected chi connectivity index (χ2v) is 5.70. The minimum Gasteiger partial charge on any atom is -0.381 e. The predicted octanol–water partition coefficient (Wildman–Crippen LogP) is 3.28. The van der Waals surface area contributed by atoms with Crippen LogP contribution in [0.3, 0.4) is 0 Å². The number of aliphatic hydroxyl groups is 1. The lowest BCUT2D eigenvalue weighted by Crippen LogP contribution is -2.22. The molecule has 0 spiro atoms. The summed E-state index contributed by atoms with van der Waals surface area (Å²) in [4.78, 5) is 0. The van der Waals surface area contributed by atoms with Crippen LogP contribution in [0.5, 0.6) is 0 Å². The van der Waals surface area contributed by atoms with Crippen LogP contribution in [0.25, 0.3) is 0 Å². The van der Waals surface area contributed by atoms with Crippen LogP contribution in [-0.4, -0.2) is 8.77 Å². The van der Waals surface area contributed by atoms with E-state index in [0.29, 0.717) is 0 Å². The molecule has 1 aliphatic rings. The average Bonchev–Trinajstić information content (AvgIpc) is 2.59. The van der Waals surface area contributed by atoms with E-state index >= 15 is 0 Å². The molecule has 1 heterocycles. The summed E-state index contributed by atoms with van der Waals surface area (Å²) in [7, 11) is 0. The minimum absolute atomic E-state index is 0.108. The predicted molar refractivity (Wildman–Crippen MR) is 76.8 cm³/mol. The van der Waals surface area contributed by atoms with Gasteiger partial charge in [-0.1, -0.05) is 34.0 Å². The molecule has 1 N–H and O–H groups in total. The molecule has 2 heteroatoms. The van der Waals surface area contributed by atoms with Crippen LogP contribution in [0.4, 0.5) is 0 Å². The van der Waals surface area contributed by atoms with E-state index in [1.165, 1.54) is 0 Å². The molecule has 2 rings (SSSR count). The van der Waals surface area contributed by atoms with Gasteiger partial charge in [0.25, 0.3) is 0 Å². The van der Waals surface area contributed by atoms with E-state index < -0.39 is 5.60 Å². The maximum atomic E-state index is 10.6. The lowest BCUT2D eigenvalue weighted by atomic mass is 9.87. The first-order valence-corrected chi connectivity index (χ1v) is 7.40. The Morgan fingerprint density at radius 1 is 1.25 bits per heavy atom. The van der Waals surface area contributed by atoms with E-state index in [4.69, 9.17) is 0 Å². The third-order valence-corrected chi connectivity index (χ3v) is 4.03. The molecule has 0 aromatic heterocycles. The van der Waals surface area contributed by atoms with Gasteiger partial charge in [0.15, 0.2) is 0 Å². The number of rotatable bonds is 2. The van der Waals surface area contributed by atoms with Gasteiger partial charge in [-0.2, -0.15) is 0 Å². The molecule has 1 aromatic carbocycles. The summed E-state index contributed by atoms with van der Waals surface area (Å²) in [6, 6.07) is 9.74. The van der Waals surface area contributed by atoms with Gasteiger partial charge in [0.2, 0.25) is 0 Å². The molecular weight excluding hydrogens is 311 g/mol. The van der Waals surface area contributed by atoms with Gasteiger partial charge in [-0.05, 0) is 61.1 Å². The summed E-state index contributed by atoms with van der Waals surface area (Å²) in [5.74, 6) is 0. The molecule has 1 aliphatic heterocycles. The minimum atomic E-state index is -0.927. The van der Waals surface area contributed by atoms with E-state index in [0.717, 1.165) is 11.1 Å². The Hall–Kier alpha value is -0.960. The summed E-state index contributed by atoms with van der Waals surface area (Å²) >= 11 is -0.108. The van der Waals surface area contributed by atoms with Gasteiger partial charge in [-0.15, -0.1) is 0 Å².